The van der Waals surface area contributed by atoms with Crippen LogP contribution in [-0.4, -0.2) is 16.7 Å². The molecule has 0 aliphatic heterocycles. The molecule has 2 aromatic carbocycles. The zero-order valence-electron chi connectivity index (χ0n) is 17.4. The summed E-state index contributed by atoms with van der Waals surface area (Å²) in [4.78, 5) is 20.9. The van der Waals surface area contributed by atoms with Crippen molar-refractivity contribution in [1.82, 2.24) is 9.55 Å². The van der Waals surface area contributed by atoms with Gasteiger partial charge in [0.1, 0.15) is 10.6 Å². The molecule has 1 aliphatic carbocycles. The molecule has 0 spiro atoms. The van der Waals surface area contributed by atoms with Gasteiger partial charge in [-0.05, 0) is 73.2 Å². The Morgan fingerprint density at radius 2 is 1.81 bits per heavy atom. The molecule has 32 heavy (non-hydrogen) atoms. The molecule has 5 rings (SSSR count). The van der Waals surface area contributed by atoms with Crippen molar-refractivity contribution < 1.29 is 4.74 Å². The highest BCUT2D eigenvalue weighted by atomic mass is 35.5. The van der Waals surface area contributed by atoms with E-state index >= 15 is 0 Å². The predicted octanol–water partition coefficient (Wildman–Crippen LogP) is 6.93. The van der Waals surface area contributed by atoms with Gasteiger partial charge in [0, 0.05) is 20.7 Å². The molecule has 0 amide bonds. The fourth-order valence-corrected chi connectivity index (χ4v) is 7.11. The lowest BCUT2D eigenvalue weighted by molar-refractivity contribution is 0.414. The Balaban J connectivity index is 1.66. The second kappa shape index (κ2) is 9.10. The lowest BCUT2D eigenvalue weighted by Crippen LogP contribution is -2.22. The molecule has 4 aromatic rings. The van der Waals surface area contributed by atoms with Crippen LogP contribution in [0.2, 0.25) is 10.0 Å². The maximum absolute atomic E-state index is 13.8. The van der Waals surface area contributed by atoms with E-state index in [9.17, 15) is 4.79 Å². The van der Waals surface area contributed by atoms with Crippen LogP contribution in [-0.2, 0) is 18.6 Å². The number of nitrogens with zero attached hydrogens (tertiary/aromatic N) is 2. The van der Waals surface area contributed by atoms with E-state index in [4.69, 9.17) is 32.9 Å². The summed E-state index contributed by atoms with van der Waals surface area (Å²) in [6.45, 7) is 0. The SMILES string of the molecule is COc1ccc(-n2c(SCc3c(Cl)cccc3Cl)nc3sc4c(c3c2=O)CCCC4)cc1. The quantitative estimate of drug-likeness (QED) is 0.219. The van der Waals surface area contributed by atoms with Crippen molar-refractivity contribution >= 4 is 56.5 Å². The Morgan fingerprint density at radius 3 is 2.53 bits per heavy atom. The molecule has 4 nitrogen and oxygen atoms in total. The lowest BCUT2D eigenvalue weighted by Gasteiger charge is -2.14. The van der Waals surface area contributed by atoms with Gasteiger partial charge in [-0.2, -0.15) is 0 Å². The maximum Gasteiger partial charge on any atom is 0.267 e. The molecule has 0 N–H and O–H groups in total. The summed E-state index contributed by atoms with van der Waals surface area (Å²) in [6, 6.07) is 13.0. The number of hydrogen-bond donors (Lipinski definition) is 0. The summed E-state index contributed by atoms with van der Waals surface area (Å²) in [5.41, 5.74) is 2.75. The van der Waals surface area contributed by atoms with Crippen LogP contribution in [0.5, 0.6) is 5.75 Å². The normalized spacial score (nSPS) is 13.3. The number of hydrogen-bond acceptors (Lipinski definition) is 5. The number of benzene rings is 2. The Hall–Kier alpha value is -1.99. The van der Waals surface area contributed by atoms with Crippen molar-refractivity contribution in [2.75, 3.05) is 7.11 Å². The van der Waals surface area contributed by atoms with E-state index in [0.29, 0.717) is 21.0 Å². The minimum absolute atomic E-state index is 0.0210. The molecule has 0 saturated carbocycles. The van der Waals surface area contributed by atoms with Crippen molar-refractivity contribution in [3.05, 3.63) is 78.9 Å². The molecule has 1 aliphatic rings. The van der Waals surface area contributed by atoms with Gasteiger partial charge in [0.15, 0.2) is 5.16 Å². The maximum atomic E-state index is 13.8. The van der Waals surface area contributed by atoms with E-state index in [1.807, 2.05) is 42.5 Å². The number of aryl methyl sites for hydroxylation is 2. The first-order valence-corrected chi connectivity index (χ1v) is 12.9. The number of fused-ring (bicyclic) bond motifs is 3. The number of thiophene rings is 1. The van der Waals surface area contributed by atoms with E-state index in [1.165, 1.54) is 28.6 Å². The van der Waals surface area contributed by atoms with E-state index in [1.54, 1.807) is 23.0 Å². The van der Waals surface area contributed by atoms with Crippen molar-refractivity contribution in [3.63, 3.8) is 0 Å². The average Bonchev–Trinajstić information content (AvgIpc) is 3.18. The molecule has 0 saturated heterocycles. The van der Waals surface area contributed by atoms with Gasteiger partial charge in [-0.25, -0.2) is 4.98 Å². The molecule has 2 heterocycles. The van der Waals surface area contributed by atoms with Crippen LogP contribution >= 0.6 is 46.3 Å². The number of halogens is 2. The number of thioether (sulfide) groups is 1. The van der Waals surface area contributed by atoms with Crippen LogP contribution in [0.15, 0.2) is 52.4 Å². The Labute approximate surface area is 204 Å². The minimum Gasteiger partial charge on any atom is -0.497 e. The number of aromatic nitrogens is 2. The van der Waals surface area contributed by atoms with Gasteiger partial charge in [-0.1, -0.05) is 41.0 Å². The van der Waals surface area contributed by atoms with Crippen LogP contribution in [0.1, 0.15) is 28.8 Å². The van der Waals surface area contributed by atoms with E-state index < -0.39 is 0 Å². The van der Waals surface area contributed by atoms with Gasteiger partial charge in [-0.3, -0.25) is 9.36 Å². The van der Waals surface area contributed by atoms with Crippen molar-refractivity contribution in [2.24, 2.45) is 0 Å². The summed E-state index contributed by atoms with van der Waals surface area (Å²) in [6.07, 6.45) is 4.24. The zero-order valence-corrected chi connectivity index (χ0v) is 20.5. The third-order valence-corrected chi connectivity index (χ3v) is 8.56. The van der Waals surface area contributed by atoms with E-state index in [0.717, 1.165) is 46.5 Å². The van der Waals surface area contributed by atoms with Crippen LogP contribution in [0.3, 0.4) is 0 Å². The van der Waals surface area contributed by atoms with Gasteiger partial charge >= 0.3 is 0 Å². The average molecular weight is 503 g/mol. The highest BCUT2D eigenvalue weighted by Gasteiger charge is 2.23. The first-order chi connectivity index (χ1) is 15.6. The number of rotatable bonds is 5. The molecule has 0 radical (unpaired) electrons. The van der Waals surface area contributed by atoms with Crippen LogP contribution in [0.4, 0.5) is 0 Å². The molecule has 2 aromatic heterocycles. The van der Waals surface area contributed by atoms with Crippen LogP contribution < -0.4 is 10.3 Å². The second-order valence-corrected chi connectivity index (χ2v) is 10.5. The van der Waals surface area contributed by atoms with Crippen LogP contribution in [0.25, 0.3) is 15.9 Å². The minimum atomic E-state index is -0.0210. The largest absolute Gasteiger partial charge is 0.497 e. The van der Waals surface area contributed by atoms with Crippen molar-refractivity contribution in [3.8, 4) is 11.4 Å². The Bertz CT molecular complexity index is 1340. The van der Waals surface area contributed by atoms with Gasteiger partial charge in [0.25, 0.3) is 5.56 Å². The summed E-state index contributed by atoms with van der Waals surface area (Å²) < 4.78 is 7.00. The van der Waals surface area contributed by atoms with Crippen LogP contribution in [0, 0.1) is 0 Å². The summed E-state index contributed by atoms with van der Waals surface area (Å²) in [5, 5.41) is 2.61. The Kier molecular flexibility index (Phi) is 6.21. The van der Waals surface area contributed by atoms with Crippen molar-refractivity contribution in [1.29, 1.82) is 0 Å². The fraction of sp³-hybridized carbons (Fsp3) is 0.250. The third-order valence-electron chi connectivity index (χ3n) is 5.70. The standard InChI is InChI=1S/C24H20Cl2N2O2S2/c1-30-15-11-9-14(10-12-15)28-23(29)21-16-5-2-3-8-20(16)32-22(21)27-24(28)31-13-17-18(25)6-4-7-19(17)26/h4,6-7,9-12H,2-3,5,8,13H2,1H3. The Morgan fingerprint density at radius 1 is 1.09 bits per heavy atom. The molecule has 0 bridgehead atoms. The zero-order chi connectivity index (χ0) is 22.2. The van der Waals surface area contributed by atoms with Gasteiger partial charge < -0.3 is 4.74 Å². The smallest absolute Gasteiger partial charge is 0.267 e. The van der Waals surface area contributed by atoms with E-state index in [-0.39, 0.29) is 5.56 Å². The highest BCUT2D eigenvalue weighted by Crippen LogP contribution is 2.37. The van der Waals surface area contributed by atoms with Gasteiger partial charge in [0.2, 0.25) is 0 Å². The number of methoxy groups -OCH3 is 1. The summed E-state index contributed by atoms with van der Waals surface area (Å²) in [5.74, 6) is 1.25. The lowest BCUT2D eigenvalue weighted by atomic mass is 9.97. The molecular formula is C24H20Cl2N2O2S2. The predicted molar refractivity (Wildman–Crippen MR) is 134 cm³/mol. The topological polar surface area (TPSA) is 44.1 Å². The molecule has 164 valence electrons. The highest BCUT2D eigenvalue weighted by molar-refractivity contribution is 7.98. The molecule has 0 unspecified atom stereocenters. The summed E-state index contributed by atoms with van der Waals surface area (Å²) in [7, 11) is 1.63. The number of ether oxygens (including phenoxy) is 1. The molecule has 0 fully saturated rings. The summed E-state index contributed by atoms with van der Waals surface area (Å²) >= 11 is 15.9. The molecule has 8 heteroatoms. The fourth-order valence-electron chi connectivity index (χ4n) is 4.05. The molecular weight excluding hydrogens is 483 g/mol. The second-order valence-electron chi connectivity index (χ2n) is 7.61. The third kappa shape index (κ3) is 3.94. The van der Waals surface area contributed by atoms with Gasteiger partial charge in [-0.15, -0.1) is 11.3 Å². The van der Waals surface area contributed by atoms with E-state index in [2.05, 4.69) is 0 Å². The van der Waals surface area contributed by atoms with Gasteiger partial charge in [0.05, 0.1) is 18.2 Å². The monoisotopic (exact) mass is 502 g/mol. The molecule has 0 atom stereocenters. The van der Waals surface area contributed by atoms with Crippen molar-refractivity contribution in [2.45, 2.75) is 36.6 Å². The first-order valence-electron chi connectivity index (χ1n) is 10.3. The first kappa shape index (κ1) is 21.8.